The van der Waals surface area contributed by atoms with Crippen LogP contribution in [-0.2, 0) is 9.47 Å². The van der Waals surface area contributed by atoms with E-state index in [4.69, 9.17) is 14.7 Å². The van der Waals surface area contributed by atoms with Crippen LogP contribution in [0.3, 0.4) is 0 Å². The van der Waals surface area contributed by atoms with E-state index in [0.717, 1.165) is 19.5 Å². The Bertz CT molecular complexity index is 302. The third-order valence-corrected chi connectivity index (χ3v) is 3.90. The maximum Gasteiger partial charge on any atom is 0.181 e. The molecule has 2 heterocycles. The molecule has 2 aliphatic rings. The normalized spacial score (nSPS) is 39.1. The standard InChI is InChI=1S/C13H22N2O2/c1-3-15-9-5-4-6-12(15)13(2)16-10-11(17-13)7-8-14/h11-12H,3-7,9-10H2,1-2H3. The van der Waals surface area contributed by atoms with E-state index in [1.54, 1.807) is 0 Å². The lowest BCUT2D eigenvalue weighted by atomic mass is 9.95. The molecular weight excluding hydrogens is 216 g/mol. The van der Waals surface area contributed by atoms with Crippen LogP contribution in [0.15, 0.2) is 0 Å². The molecule has 3 unspecified atom stereocenters. The third-order valence-electron chi connectivity index (χ3n) is 3.90. The molecule has 2 aliphatic heterocycles. The first-order valence-corrected chi connectivity index (χ1v) is 6.62. The number of hydrogen-bond acceptors (Lipinski definition) is 4. The minimum atomic E-state index is -0.516. The molecule has 2 saturated heterocycles. The van der Waals surface area contributed by atoms with Crippen molar-refractivity contribution in [1.29, 1.82) is 5.26 Å². The predicted octanol–water partition coefficient (Wildman–Crippen LogP) is 1.91. The first-order chi connectivity index (χ1) is 8.19. The van der Waals surface area contributed by atoms with Gasteiger partial charge in [0, 0.05) is 0 Å². The van der Waals surface area contributed by atoms with E-state index in [9.17, 15) is 0 Å². The Labute approximate surface area is 103 Å². The lowest BCUT2D eigenvalue weighted by molar-refractivity contribution is -0.203. The fourth-order valence-corrected chi connectivity index (χ4v) is 3.00. The van der Waals surface area contributed by atoms with Gasteiger partial charge in [-0.05, 0) is 32.9 Å². The van der Waals surface area contributed by atoms with Crippen LogP contribution in [0.4, 0.5) is 0 Å². The molecule has 0 N–H and O–H groups in total. The molecule has 0 saturated carbocycles. The Kier molecular flexibility index (Phi) is 4.03. The van der Waals surface area contributed by atoms with Crippen molar-refractivity contribution in [2.45, 2.75) is 57.5 Å². The van der Waals surface area contributed by atoms with E-state index >= 15 is 0 Å². The average molecular weight is 238 g/mol. The minimum Gasteiger partial charge on any atom is -0.346 e. The quantitative estimate of drug-likeness (QED) is 0.753. The molecule has 2 rings (SSSR count). The van der Waals surface area contributed by atoms with E-state index in [2.05, 4.69) is 17.9 Å². The Hall–Kier alpha value is -0.630. The number of hydrogen-bond donors (Lipinski definition) is 0. The van der Waals surface area contributed by atoms with Gasteiger partial charge in [-0.1, -0.05) is 13.3 Å². The molecule has 0 bridgehead atoms. The van der Waals surface area contributed by atoms with Gasteiger partial charge in [-0.15, -0.1) is 0 Å². The molecule has 4 nitrogen and oxygen atoms in total. The van der Waals surface area contributed by atoms with Crippen molar-refractivity contribution in [3.8, 4) is 6.07 Å². The number of nitriles is 1. The highest BCUT2D eigenvalue weighted by molar-refractivity contribution is 4.92. The highest BCUT2D eigenvalue weighted by Gasteiger charge is 2.46. The van der Waals surface area contributed by atoms with Crippen molar-refractivity contribution in [2.75, 3.05) is 19.7 Å². The Balaban J connectivity index is 2.02. The van der Waals surface area contributed by atoms with Gasteiger partial charge in [-0.25, -0.2) is 0 Å². The summed E-state index contributed by atoms with van der Waals surface area (Å²) in [7, 11) is 0. The van der Waals surface area contributed by atoms with Crippen molar-refractivity contribution >= 4 is 0 Å². The topological polar surface area (TPSA) is 45.5 Å². The number of ether oxygens (including phenoxy) is 2. The SMILES string of the molecule is CCN1CCCCC1C1(C)OCC(CC#N)O1. The monoisotopic (exact) mass is 238 g/mol. The molecule has 2 fully saturated rings. The van der Waals surface area contributed by atoms with E-state index in [-0.39, 0.29) is 6.10 Å². The van der Waals surface area contributed by atoms with Crippen molar-refractivity contribution in [3.05, 3.63) is 0 Å². The largest absolute Gasteiger partial charge is 0.346 e. The Morgan fingerprint density at radius 2 is 2.29 bits per heavy atom. The molecule has 4 heteroatoms. The minimum absolute atomic E-state index is 0.0503. The summed E-state index contributed by atoms with van der Waals surface area (Å²) in [5, 5.41) is 8.71. The van der Waals surface area contributed by atoms with Crippen LogP contribution < -0.4 is 0 Å². The van der Waals surface area contributed by atoms with Crippen LogP contribution in [0.1, 0.15) is 39.5 Å². The second-order valence-electron chi connectivity index (χ2n) is 5.07. The number of nitrogens with zero attached hydrogens (tertiary/aromatic N) is 2. The zero-order valence-electron chi connectivity index (χ0n) is 10.8. The van der Waals surface area contributed by atoms with Crippen molar-refractivity contribution in [1.82, 2.24) is 4.90 Å². The second-order valence-corrected chi connectivity index (χ2v) is 5.07. The summed E-state index contributed by atoms with van der Waals surface area (Å²) in [5.41, 5.74) is 0. The van der Waals surface area contributed by atoms with Gasteiger partial charge in [0.1, 0.15) is 0 Å². The van der Waals surface area contributed by atoms with Gasteiger partial charge in [0.25, 0.3) is 0 Å². The van der Waals surface area contributed by atoms with Gasteiger partial charge in [-0.3, -0.25) is 4.90 Å². The zero-order chi connectivity index (χ0) is 12.3. The Morgan fingerprint density at radius 1 is 1.47 bits per heavy atom. The molecule has 0 aromatic heterocycles. The summed E-state index contributed by atoms with van der Waals surface area (Å²) in [6.45, 7) is 6.94. The van der Waals surface area contributed by atoms with Crippen molar-refractivity contribution in [2.24, 2.45) is 0 Å². The number of likely N-dealkylation sites (tertiary alicyclic amines) is 1. The lowest BCUT2D eigenvalue weighted by Crippen LogP contribution is -2.54. The van der Waals surface area contributed by atoms with E-state index < -0.39 is 5.79 Å². The van der Waals surface area contributed by atoms with Crippen molar-refractivity contribution in [3.63, 3.8) is 0 Å². The number of likely N-dealkylation sites (N-methyl/N-ethyl adjacent to an activating group) is 1. The fourth-order valence-electron chi connectivity index (χ4n) is 3.00. The first-order valence-electron chi connectivity index (χ1n) is 6.62. The molecule has 0 radical (unpaired) electrons. The van der Waals surface area contributed by atoms with Crippen LogP contribution in [0, 0.1) is 11.3 Å². The zero-order valence-corrected chi connectivity index (χ0v) is 10.8. The summed E-state index contributed by atoms with van der Waals surface area (Å²) in [4.78, 5) is 2.44. The van der Waals surface area contributed by atoms with E-state index in [0.29, 0.717) is 19.1 Å². The molecule has 3 atom stereocenters. The fraction of sp³-hybridized carbons (Fsp3) is 0.923. The predicted molar refractivity (Wildman–Crippen MR) is 64.3 cm³/mol. The highest BCUT2D eigenvalue weighted by atomic mass is 16.7. The smallest absolute Gasteiger partial charge is 0.181 e. The summed E-state index contributed by atoms with van der Waals surface area (Å²) in [6.07, 6.45) is 4.01. The summed E-state index contributed by atoms with van der Waals surface area (Å²) < 4.78 is 11.8. The molecule has 0 spiro atoms. The molecule has 96 valence electrons. The van der Waals surface area contributed by atoms with E-state index in [1.807, 2.05) is 6.92 Å². The van der Waals surface area contributed by atoms with Crippen LogP contribution in [0.5, 0.6) is 0 Å². The first kappa shape index (κ1) is 12.8. The van der Waals surface area contributed by atoms with Gasteiger partial charge < -0.3 is 9.47 Å². The molecular formula is C13H22N2O2. The third kappa shape index (κ3) is 2.62. The van der Waals surface area contributed by atoms with Crippen LogP contribution in [0.2, 0.25) is 0 Å². The van der Waals surface area contributed by atoms with Crippen LogP contribution >= 0.6 is 0 Å². The van der Waals surface area contributed by atoms with E-state index in [1.165, 1.54) is 12.8 Å². The molecule has 0 amide bonds. The summed E-state index contributed by atoms with van der Waals surface area (Å²) in [5.74, 6) is -0.516. The maximum absolute atomic E-state index is 8.71. The highest BCUT2D eigenvalue weighted by Crippen LogP contribution is 2.35. The second kappa shape index (κ2) is 5.34. The molecule has 0 aromatic rings. The summed E-state index contributed by atoms with van der Waals surface area (Å²) >= 11 is 0. The van der Waals surface area contributed by atoms with Gasteiger partial charge in [0.05, 0.1) is 31.2 Å². The van der Waals surface area contributed by atoms with Crippen LogP contribution in [-0.4, -0.2) is 42.5 Å². The van der Waals surface area contributed by atoms with Gasteiger partial charge in [0.15, 0.2) is 5.79 Å². The Morgan fingerprint density at radius 3 is 3.00 bits per heavy atom. The maximum atomic E-state index is 8.71. The van der Waals surface area contributed by atoms with Crippen molar-refractivity contribution < 1.29 is 9.47 Å². The van der Waals surface area contributed by atoms with Gasteiger partial charge in [-0.2, -0.15) is 5.26 Å². The average Bonchev–Trinajstić information content (AvgIpc) is 2.73. The summed E-state index contributed by atoms with van der Waals surface area (Å²) in [6, 6.07) is 2.49. The number of rotatable bonds is 3. The van der Waals surface area contributed by atoms with Crippen LogP contribution in [0.25, 0.3) is 0 Å². The lowest BCUT2D eigenvalue weighted by Gasteiger charge is -2.43. The number of piperidine rings is 1. The molecule has 0 aromatic carbocycles. The van der Waals surface area contributed by atoms with Gasteiger partial charge >= 0.3 is 0 Å². The molecule has 0 aliphatic carbocycles. The molecule has 17 heavy (non-hydrogen) atoms. The van der Waals surface area contributed by atoms with Gasteiger partial charge in [0.2, 0.25) is 0 Å².